The van der Waals surface area contributed by atoms with Crippen molar-refractivity contribution in [3.63, 3.8) is 0 Å². The summed E-state index contributed by atoms with van der Waals surface area (Å²) >= 11 is 0. The normalized spacial score (nSPS) is 11.6. The molecule has 0 bridgehead atoms. The standard InChI is InChI=1S/C14H15NO2/c1-14(2,9-13(16)17)11-7-8-15-12-6-4-3-5-10(11)12/h3-8H,9H2,1-2H3,(H,16,17). The van der Waals surface area contributed by atoms with Crippen LogP contribution in [0.15, 0.2) is 36.5 Å². The number of aromatic nitrogens is 1. The van der Waals surface area contributed by atoms with E-state index in [9.17, 15) is 4.79 Å². The van der Waals surface area contributed by atoms with Crippen molar-refractivity contribution in [2.75, 3.05) is 0 Å². The molecule has 88 valence electrons. The zero-order valence-electron chi connectivity index (χ0n) is 9.97. The van der Waals surface area contributed by atoms with Gasteiger partial charge in [0.2, 0.25) is 0 Å². The number of hydrogen-bond acceptors (Lipinski definition) is 2. The first kappa shape index (κ1) is 11.6. The highest BCUT2D eigenvalue weighted by atomic mass is 16.4. The molecular weight excluding hydrogens is 214 g/mol. The third-order valence-corrected chi connectivity index (χ3v) is 2.97. The SMILES string of the molecule is CC(C)(CC(=O)O)c1ccnc2ccccc12. The van der Waals surface area contributed by atoms with Crippen molar-refractivity contribution < 1.29 is 9.90 Å². The highest BCUT2D eigenvalue weighted by molar-refractivity contribution is 5.83. The summed E-state index contributed by atoms with van der Waals surface area (Å²) in [6.45, 7) is 3.89. The quantitative estimate of drug-likeness (QED) is 0.880. The fourth-order valence-electron chi connectivity index (χ4n) is 2.16. The number of para-hydroxylation sites is 1. The molecule has 1 heterocycles. The zero-order chi connectivity index (χ0) is 12.5. The summed E-state index contributed by atoms with van der Waals surface area (Å²) < 4.78 is 0. The predicted octanol–water partition coefficient (Wildman–Crippen LogP) is 2.99. The Labute approximate surface area is 100 Å². The van der Waals surface area contributed by atoms with E-state index in [-0.39, 0.29) is 6.42 Å². The van der Waals surface area contributed by atoms with Gasteiger partial charge in [-0.05, 0) is 17.7 Å². The van der Waals surface area contributed by atoms with Crippen molar-refractivity contribution in [1.82, 2.24) is 4.98 Å². The summed E-state index contributed by atoms with van der Waals surface area (Å²) in [5, 5.41) is 10.00. The molecule has 0 aliphatic carbocycles. The third kappa shape index (κ3) is 2.28. The monoisotopic (exact) mass is 229 g/mol. The first-order valence-electron chi connectivity index (χ1n) is 5.57. The molecule has 0 radical (unpaired) electrons. The highest BCUT2D eigenvalue weighted by Crippen LogP contribution is 2.31. The van der Waals surface area contributed by atoms with E-state index in [0.717, 1.165) is 16.5 Å². The highest BCUT2D eigenvalue weighted by Gasteiger charge is 2.25. The van der Waals surface area contributed by atoms with E-state index in [2.05, 4.69) is 4.98 Å². The van der Waals surface area contributed by atoms with Crippen molar-refractivity contribution >= 4 is 16.9 Å². The van der Waals surface area contributed by atoms with Gasteiger partial charge in [-0.2, -0.15) is 0 Å². The van der Waals surface area contributed by atoms with Crippen molar-refractivity contribution in [2.45, 2.75) is 25.7 Å². The number of fused-ring (bicyclic) bond motifs is 1. The Kier molecular flexibility index (Phi) is 2.84. The number of rotatable bonds is 3. The number of benzene rings is 1. The van der Waals surface area contributed by atoms with Gasteiger partial charge in [0.15, 0.2) is 0 Å². The summed E-state index contributed by atoms with van der Waals surface area (Å²) in [6, 6.07) is 9.72. The maximum absolute atomic E-state index is 10.9. The molecule has 0 aliphatic rings. The second kappa shape index (κ2) is 4.17. The average molecular weight is 229 g/mol. The van der Waals surface area contributed by atoms with Gasteiger partial charge < -0.3 is 5.11 Å². The minimum absolute atomic E-state index is 0.112. The Hall–Kier alpha value is -1.90. The Balaban J connectivity index is 2.58. The van der Waals surface area contributed by atoms with Gasteiger partial charge in [-0.1, -0.05) is 32.0 Å². The molecule has 1 N–H and O–H groups in total. The molecule has 0 spiro atoms. The van der Waals surface area contributed by atoms with Gasteiger partial charge in [0.1, 0.15) is 0 Å². The Bertz CT molecular complexity index is 556. The molecule has 0 atom stereocenters. The first-order chi connectivity index (χ1) is 8.00. The maximum Gasteiger partial charge on any atom is 0.304 e. The van der Waals surface area contributed by atoms with Crippen molar-refractivity contribution in [3.8, 4) is 0 Å². The van der Waals surface area contributed by atoms with Gasteiger partial charge in [-0.15, -0.1) is 0 Å². The van der Waals surface area contributed by atoms with E-state index in [4.69, 9.17) is 5.11 Å². The second-order valence-corrected chi connectivity index (χ2v) is 4.83. The Morgan fingerprint density at radius 2 is 2.00 bits per heavy atom. The molecular formula is C14H15NO2. The molecule has 3 nitrogen and oxygen atoms in total. The van der Waals surface area contributed by atoms with E-state index >= 15 is 0 Å². The molecule has 2 rings (SSSR count). The van der Waals surface area contributed by atoms with Crippen LogP contribution in [0.25, 0.3) is 10.9 Å². The molecule has 1 aromatic carbocycles. The van der Waals surface area contributed by atoms with Gasteiger partial charge in [-0.25, -0.2) is 0 Å². The number of hydrogen-bond donors (Lipinski definition) is 1. The minimum Gasteiger partial charge on any atom is -0.481 e. The van der Waals surface area contributed by atoms with E-state index in [0.29, 0.717) is 0 Å². The summed E-state index contributed by atoms with van der Waals surface area (Å²) in [5.41, 5.74) is 1.54. The average Bonchev–Trinajstić information content (AvgIpc) is 2.26. The van der Waals surface area contributed by atoms with Crippen LogP contribution in [0.2, 0.25) is 0 Å². The van der Waals surface area contributed by atoms with E-state index in [1.807, 2.05) is 44.2 Å². The fourth-order valence-corrected chi connectivity index (χ4v) is 2.16. The van der Waals surface area contributed by atoms with Crippen molar-refractivity contribution in [2.24, 2.45) is 0 Å². The number of nitrogens with zero attached hydrogens (tertiary/aromatic N) is 1. The van der Waals surface area contributed by atoms with Crippen LogP contribution in [0.1, 0.15) is 25.8 Å². The third-order valence-electron chi connectivity index (χ3n) is 2.97. The van der Waals surface area contributed by atoms with Crippen LogP contribution < -0.4 is 0 Å². The molecule has 3 heteroatoms. The van der Waals surface area contributed by atoms with Gasteiger partial charge in [0.05, 0.1) is 11.9 Å². The van der Waals surface area contributed by atoms with Crippen LogP contribution in [0.4, 0.5) is 0 Å². The van der Waals surface area contributed by atoms with Gasteiger partial charge >= 0.3 is 5.97 Å². The maximum atomic E-state index is 10.9. The summed E-state index contributed by atoms with van der Waals surface area (Å²) in [5.74, 6) is -0.782. The summed E-state index contributed by atoms with van der Waals surface area (Å²) in [7, 11) is 0. The lowest BCUT2D eigenvalue weighted by molar-refractivity contribution is -0.138. The smallest absolute Gasteiger partial charge is 0.304 e. The molecule has 0 saturated carbocycles. The molecule has 0 aliphatic heterocycles. The van der Waals surface area contributed by atoms with Gasteiger partial charge in [-0.3, -0.25) is 9.78 Å². The van der Waals surface area contributed by atoms with Crippen molar-refractivity contribution in [3.05, 3.63) is 42.1 Å². The minimum atomic E-state index is -0.782. The molecule has 17 heavy (non-hydrogen) atoms. The topological polar surface area (TPSA) is 50.2 Å². The number of aliphatic carboxylic acids is 1. The predicted molar refractivity (Wildman–Crippen MR) is 67.0 cm³/mol. The Morgan fingerprint density at radius 1 is 1.29 bits per heavy atom. The first-order valence-corrected chi connectivity index (χ1v) is 5.57. The summed E-state index contributed by atoms with van der Waals surface area (Å²) in [6.07, 6.45) is 1.85. The van der Waals surface area contributed by atoms with Crippen LogP contribution in [-0.4, -0.2) is 16.1 Å². The lowest BCUT2D eigenvalue weighted by atomic mass is 9.80. The number of carboxylic acids is 1. The molecule has 0 unspecified atom stereocenters. The van der Waals surface area contributed by atoms with Crippen LogP contribution in [0.3, 0.4) is 0 Å². The zero-order valence-corrected chi connectivity index (χ0v) is 9.97. The summed E-state index contributed by atoms with van der Waals surface area (Å²) in [4.78, 5) is 15.2. The molecule has 2 aromatic rings. The molecule has 0 amide bonds. The van der Waals surface area contributed by atoms with E-state index in [1.165, 1.54) is 0 Å². The van der Waals surface area contributed by atoms with E-state index < -0.39 is 11.4 Å². The van der Waals surface area contributed by atoms with E-state index in [1.54, 1.807) is 6.20 Å². The fraction of sp³-hybridized carbons (Fsp3) is 0.286. The largest absolute Gasteiger partial charge is 0.481 e. The van der Waals surface area contributed by atoms with Gasteiger partial charge in [0.25, 0.3) is 0 Å². The number of carboxylic acid groups (broad SMARTS) is 1. The molecule has 0 saturated heterocycles. The van der Waals surface area contributed by atoms with Gasteiger partial charge in [0, 0.05) is 17.0 Å². The van der Waals surface area contributed by atoms with Crippen LogP contribution in [0, 0.1) is 0 Å². The van der Waals surface area contributed by atoms with Crippen molar-refractivity contribution in [1.29, 1.82) is 0 Å². The lowest BCUT2D eigenvalue weighted by Gasteiger charge is -2.24. The van der Waals surface area contributed by atoms with Crippen LogP contribution >= 0.6 is 0 Å². The number of pyridine rings is 1. The Morgan fingerprint density at radius 3 is 2.71 bits per heavy atom. The molecule has 1 aromatic heterocycles. The lowest BCUT2D eigenvalue weighted by Crippen LogP contribution is -2.22. The van der Waals surface area contributed by atoms with Crippen LogP contribution in [0.5, 0.6) is 0 Å². The number of carbonyl (C=O) groups is 1. The second-order valence-electron chi connectivity index (χ2n) is 4.83. The van der Waals surface area contributed by atoms with Crippen LogP contribution in [-0.2, 0) is 10.2 Å². The molecule has 0 fully saturated rings.